The molecule has 0 aromatic carbocycles. The van der Waals surface area contributed by atoms with Gasteiger partial charge in [0.25, 0.3) is 0 Å². The monoisotopic (exact) mass is 254 g/mol. The fraction of sp³-hybridized carbons (Fsp3) is 0.750. The molecule has 1 aromatic rings. The predicted molar refractivity (Wildman–Crippen MR) is 67.1 cm³/mol. The van der Waals surface area contributed by atoms with Gasteiger partial charge in [-0.05, 0) is 13.3 Å². The Morgan fingerprint density at radius 3 is 3.06 bits per heavy atom. The van der Waals surface area contributed by atoms with Crippen molar-refractivity contribution in [2.24, 2.45) is 0 Å². The van der Waals surface area contributed by atoms with Gasteiger partial charge in [0, 0.05) is 43.3 Å². The first-order valence-corrected chi connectivity index (χ1v) is 6.99. The van der Waals surface area contributed by atoms with Gasteiger partial charge in [-0.1, -0.05) is 5.16 Å². The third-order valence-electron chi connectivity index (χ3n) is 3.59. The Bertz CT molecular complexity index is 401. The van der Waals surface area contributed by atoms with Crippen LogP contribution in [0, 0.1) is 6.92 Å². The topological polar surface area (TPSA) is 38.5 Å². The standard InChI is InChI=1S/C12H18N2O2S/c1-9-3-10(13-16-9)5-14-7-12(8-14)4-11(15-2)6-17-12/h3,11H,4-8H2,1-2H3/t11-/m1/s1. The van der Waals surface area contributed by atoms with Gasteiger partial charge in [-0.15, -0.1) is 11.8 Å². The van der Waals surface area contributed by atoms with Crippen LogP contribution in [0.3, 0.4) is 0 Å². The van der Waals surface area contributed by atoms with Gasteiger partial charge in [0.2, 0.25) is 0 Å². The SMILES string of the molecule is CO[C@H]1CSC2(C1)CN(Cc1cc(C)on1)C2. The van der Waals surface area contributed by atoms with Crippen LogP contribution in [-0.2, 0) is 11.3 Å². The van der Waals surface area contributed by atoms with E-state index in [0.29, 0.717) is 10.9 Å². The third kappa shape index (κ3) is 2.23. The summed E-state index contributed by atoms with van der Waals surface area (Å²) in [5, 5.41) is 4.04. The molecule has 2 aliphatic heterocycles. The summed E-state index contributed by atoms with van der Waals surface area (Å²) in [6, 6.07) is 2.02. The van der Waals surface area contributed by atoms with Gasteiger partial charge in [-0.3, -0.25) is 4.90 Å². The summed E-state index contributed by atoms with van der Waals surface area (Å²) in [4.78, 5) is 2.43. The fourth-order valence-corrected chi connectivity index (χ4v) is 4.42. The Morgan fingerprint density at radius 1 is 1.65 bits per heavy atom. The largest absolute Gasteiger partial charge is 0.381 e. The first-order valence-electron chi connectivity index (χ1n) is 6.00. The smallest absolute Gasteiger partial charge is 0.133 e. The minimum atomic E-state index is 0.455. The number of ether oxygens (including phenoxy) is 1. The molecule has 1 spiro atoms. The van der Waals surface area contributed by atoms with Gasteiger partial charge in [0.15, 0.2) is 0 Å². The molecule has 0 amide bonds. The molecule has 1 atom stereocenters. The highest BCUT2D eigenvalue weighted by atomic mass is 32.2. The zero-order valence-electron chi connectivity index (χ0n) is 10.3. The average molecular weight is 254 g/mol. The molecule has 2 fully saturated rings. The second-order valence-electron chi connectivity index (χ2n) is 5.13. The van der Waals surface area contributed by atoms with E-state index in [9.17, 15) is 0 Å². The van der Waals surface area contributed by atoms with Crippen molar-refractivity contribution in [2.75, 3.05) is 26.0 Å². The minimum absolute atomic E-state index is 0.455. The normalized spacial score (nSPS) is 27.5. The fourth-order valence-electron chi connectivity index (χ4n) is 2.78. The van der Waals surface area contributed by atoms with Crippen molar-refractivity contribution >= 4 is 11.8 Å². The highest BCUT2D eigenvalue weighted by molar-refractivity contribution is 8.01. The summed E-state index contributed by atoms with van der Waals surface area (Å²) < 4.78 is 11.0. The van der Waals surface area contributed by atoms with Crippen LogP contribution in [0.4, 0.5) is 0 Å². The molecule has 0 bridgehead atoms. The molecule has 0 unspecified atom stereocenters. The zero-order valence-corrected chi connectivity index (χ0v) is 11.1. The summed E-state index contributed by atoms with van der Waals surface area (Å²) in [6.45, 7) is 5.16. The number of aromatic nitrogens is 1. The summed E-state index contributed by atoms with van der Waals surface area (Å²) in [6.07, 6.45) is 1.65. The van der Waals surface area contributed by atoms with Crippen LogP contribution in [0.1, 0.15) is 17.9 Å². The lowest BCUT2D eigenvalue weighted by Crippen LogP contribution is -2.58. The molecule has 5 heteroatoms. The molecule has 17 heavy (non-hydrogen) atoms. The molecule has 2 saturated heterocycles. The number of hydrogen-bond donors (Lipinski definition) is 0. The Labute approximate surface area is 106 Å². The van der Waals surface area contributed by atoms with Crippen LogP contribution in [0.15, 0.2) is 10.6 Å². The van der Waals surface area contributed by atoms with Crippen LogP contribution in [0.25, 0.3) is 0 Å². The Morgan fingerprint density at radius 2 is 2.47 bits per heavy atom. The van der Waals surface area contributed by atoms with E-state index in [1.54, 1.807) is 0 Å². The zero-order chi connectivity index (χ0) is 11.9. The van der Waals surface area contributed by atoms with Crippen LogP contribution in [-0.4, -0.2) is 46.9 Å². The van der Waals surface area contributed by atoms with Gasteiger partial charge in [0.05, 0.1) is 11.8 Å². The summed E-state index contributed by atoms with van der Waals surface area (Å²) in [5.74, 6) is 2.04. The quantitative estimate of drug-likeness (QED) is 0.820. The van der Waals surface area contributed by atoms with Gasteiger partial charge >= 0.3 is 0 Å². The number of hydrogen-bond acceptors (Lipinski definition) is 5. The molecule has 0 radical (unpaired) electrons. The van der Waals surface area contributed by atoms with Gasteiger partial charge in [-0.25, -0.2) is 0 Å². The third-order valence-corrected chi connectivity index (χ3v) is 5.17. The molecule has 2 aliphatic rings. The second kappa shape index (κ2) is 4.30. The van der Waals surface area contributed by atoms with Crippen LogP contribution in [0.5, 0.6) is 0 Å². The maximum atomic E-state index is 5.43. The highest BCUT2D eigenvalue weighted by Gasteiger charge is 2.48. The molecule has 0 saturated carbocycles. The minimum Gasteiger partial charge on any atom is -0.381 e. The average Bonchev–Trinajstić information content (AvgIpc) is 2.85. The van der Waals surface area contributed by atoms with Gasteiger partial charge < -0.3 is 9.26 Å². The number of rotatable bonds is 3. The Balaban J connectivity index is 1.52. The van der Waals surface area contributed by atoms with E-state index >= 15 is 0 Å². The van der Waals surface area contributed by atoms with Crippen molar-refractivity contribution in [3.63, 3.8) is 0 Å². The highest BCUT2D eigenvalue weighted by Crippen LogP contribution is 2.46. The molecular formula is C12H18N2O2S. The maximum Gasteiger partial charge on any atom is 0.133 e. The number of aryl methyl sites for hydroxylation is 1. The van der Waals surface area contributed by atoms with Gasteiger partial charge in [0.1, 0.15) is 5.76 Å². The van der Waals surface area contributed by atoms with Crippen molar-refractivity contribution in [2.45, 2.75) is 30.7 Å². The van der Waals surface area contributed by atoms with E-state index in [4.69, 9.17) is 9.26 Å². The summed E-state index contributed by atoms with van der Waals surface area (Å²) in [7, 11) is 1.82. The predicted octanol–water partition coefficient (Wildman–Crippen LogP) is 1.69. The second-order valence-corrected chi connectivity index (χ2v) is 6.62. The van der Waals surface area contributed by atoms with Crippen molar-refractivity contribution in [3.8, 4) is 0 Å². The first kappa shape index (κ1) is 11.6. The summed E-state index contributed by atoms with van der Waals surface area (Å²) >= 11 is 2.07. The molecular weight excluding hydrogens is 236 g/mol. The maximum absolute atomic E-state index is 5.43. The molecule has 0 N–H and O–H groups in total. The molecule has 94 valence electrons. The molecule has 4 nitrogen and oxygen atoms in total. The Hall–Kier alpha value is -0.520. The first-order chi connectivity index (χ1) is 8.19. The lowest BCUT2D eigenvalue weighted by atomic mass is 9.93. The van der Waals surface area contributed by atoms with E-state index in [-0.39, 0.29) is 0 Å². The number of likely N-dealkylation sites (tertiary alicyclic amines) is 1. The molecule has 0 aliphatic carbocycles. The van der Waals surface area contributed by atoms with Crippen molar-refractivity contribution in [1.29, 1.82) is 0 Å². The van der Waals surface area contributed by atoms with E-state index in [1.807, 2.05) is 20.1 Å². The van der Waals surface area contributed by atoms with Crippen molar-refractivity contribution in [1.82, 2.24) is 10.1 Å². The van der Waals surface area contributed by atoms with E-state index in [2.05, 4.69) is 21.8 Å². The van der Waals surface area contributed by atoms with E-state index < -0.39 is 0 Å². The lowest BCUT2D eigenvalue weighted by Gasteiger charge is -2.47. The number of methoxy groups -OCH3 is 1. The number of thioether (sulfide) groups is 1. The lowest BCUT2D eigenvalue weighted by molar-refractivity contribution is 0.0619. The molecule has 3 rings (SSSR count). The Kier molecular flexibility index (Phi) is 2.92. The van der Waals surface area contributed by atoms with E-state index in [0.717, 1.165) is 36.8 Å². The van der Waals surface area contributed by atoms with Crippen LogP contribution >= 0.6 is 11.8 Å². The van der Waals surface area contributed by atoms with Crippen molar-refractivity contribution in [3.05, 3.63) is 17.5 Å². The number of nitrogens with zero attached hydrogens (tertiary/aromatic N) is 2. The molecule has 3 heterocycles. The molecule has 1 aromatic heterocycles. The van der Waals surface area contributed by atoms with Crippen LogP contribution in [0.2, 0.25) is 0 Å². The van der Waals surface area contributed by atoms with Crippen molar-refractivity contribution < 1.29 is 9.26 Å². The van der Waals surface area contributed by atoms with Crippen LogP contribution < -0.4 is 0 Å². The summed E-state index contributed by atoms with van der Waals surface area (Å²) in [5.41, 5.74) is 1.05. The van der Waals surface area contributed by atoms with E-state index in [1.165, 1.54) is 6.42 Å². The van der Waals surface area contributed by atoms with Gasteiger partial charge in [-0.2, -0.15) is 0 Å².